The summed E-state index contributed by atoms with van der Waals surface area (Å²) >= 11 is 0. The van der Waals surface area contributed by atoms with Gasteiger partial charge in [0.25, 0.3) is 0 Å². The molecule has 0 bridgehead atoms. The van der Waals surface area contributed by atoms with Crippen molar-refractivity contribution in [3.8, 4) is 0 Å². The lowest BCUT2D eigenvalue weighted by molar-refractivity contribution is 0.147. The maximum Gasteiger partial charge on any atom is 0.164 e. The van der Waals surface area contributed by atoms with Crippen molar-refractivity contribution in [2.75, 3.05) is 26.4 Å². The molecule has 0 unspecified atom stereocenters. The molecule has 0 N–H and O–H groups in total. The molecule has 0 aromatic heterocycles. The second-order valence-electron chi connectivity index (χ2n) is 3.94. The monoisotopic (exact) mass is 246 g/mol. The van der Waals surface area contributed by atoms with E-state index < -0.39 is 0 Å². The van der Waals surface area contributed by atoms with Crippen LogP contribution in [-0.2, 0) is 9.47 Å². The zero-order valence-electron chi connectivity index (χ0n) is 10.5. The molecule has 0 aliphatic carbocycles. The predicted octanol–water partition coefficient (Wildman–Crippen LogP) is 3.20. The first-order chi connectivity index (χ1) is 8.86. The van der Waals surface area contributed by atoms with Gasteiger partial charge in [-0.15, -0.1) is 0 Å². The van der Waals surface area contributed by atoms with Crippen LogP contribution in [0, 0.1) is 13.1 Å². The Morgan fingerprint density at radius 2 is 1.67 bits per heavy atom. The Morgan fingerprint density at radius 3 is 2.44 bits per heavy atom. The van der Waals surface area contributed by atoms with Crippen molar-refractivity contribution in [2.24, 2.45) is 0 Å². The quantitative estimate of drug-likeness (QED) is 0.614. The Balaban J connectivity index is 0.000000180. The fourth-order valence-electron chi connectivity index (χ4n) is 1.59. The highest BCUT2D eigenvalue weighted by molar-refractivity contribution is 5.11. The van der Waals surface area contributed by atoms with Gasteiger partial charge >= 0.3 is 0 Å². The number of hydrogen-bond donors (Lipinski definition) is 0. The van der Waals surface area contributed by atoms with E-state index in [1.807, 2.05) is 12.2 Å². The molecule has 0 radical (unpaired) electrons. The standard InChI is InChI=1S/2C7H9NO/c2*1-8-7-3-2-5-9-6-4-7/h4H,2-3,5-6H2;3H,2,4-6H2. The Bertz CT molecular complexity index is 348. The summed E-state index contributed by atoms with van der Waals surface area (Å²) in [6.45, 7) is 16.3. The lowest BCUT2D eigenvalue weighted by Gasteiger charge is -1.93. The summed E-state index contributed by atoms with van der Waals surface area (Å²) in [5.41, 5.74) is 1.71. The van der Waals surface area contributed by atoms with E-state index in [9.17, 15) is 0 Å². The third kappa shape index (κ3) is 6.20. The van der Waals surface area contributed by atoms with E-state index >= 15 is 0 Å². The summed E-state index contributed by atoms with van der Waals surface area (Å²) in [4.78, 5) is 6.68. The molecule has 18 heavy (non-hydrogen) atoms. The fourth-order valence-corrected chi connectivity index (χ4v) is 1.59. The zero-order valence-corrected chi connectivity index (χ0v) is 10.5. The van der Waals surface area contributed by atoms with E-state index in [4.69, 9.17) is 22.6 Å². The van der Waals surface area contributed by atoms with Crippen LogP contribution in [0.25, 0.3) is 9.69 Å². The lowest BCUT2D eigenvalue weighted by atomic mass is 10.2. The Kier molecular flexibility index (Phi) is 7.55. The molecule has 2 rings (SSSR count). The van der Waals surface area contributed by atoms with Crippen LogP contribution >= 0.6 is 0 Å². The SMILES string of the molecule is [C-]#[N+]C1=CCCOCC1.[C-]#[N+]C1=CCOCCC1. The van der Waals surface area contributed by atoms with E-state index in [2.05, 4.69) is 9.69 Å². The normalized spacial score (nSPS) is 19.7. The molecule has 0 aromatic rings. The maximum absolute atomic E-state index is 6.70. The van der Waals surface area contributed by atoms with Gasteiger partial charge in [-0.3, -0.25) is 0 Å². The van der Waals surface area contributed by atoms with Crippen LogP contribution in [0.15, 0.2) is 23.5 Å². The van der Waals surface area contributed by atoms with E-state index in [1.165, 1.54) is 0 Å². The molecule has 0 fully saturated rings. The average molecular weight is 246 g/mol. The van der Waals surface area contributed by atoms with Crippen LogP contribution in [-0.4, -0.2) is 26.4 Å². The molecule has 2 aliphatic rings. The summed E-state index contributed by atoms with van der Waals surface area (Å²) in [6.07, 6.45) is 7.40. The summed E-state index contributed by atoms with van der Waals surface area (Å²) in [6, 6.07) is 0. The van der Waals surface area contributed by atoms with Gasteiger partial charge in [0.15, 0.2) is 11.4 Å². The van der Waals surface area contributed by atoms with Gasteiger partial charge in [-0.05, 0) is 19.3 Å². The molecule has 2 heterocycles. The Hall–Kier alpha value is -1.62. The summed E-state index contributed by atoms with van der Waals surface area (Å²) in [7, 11) is 0. The number of hydrogen-bond acceptors (Lipinski definition) is 2. The first-order valence-corrected chi connectivity index (χ1v) is 6.15. The van der Waals surface area contributed by atoms with Gasteiger partial charge < -0.3 is 9.47 Å². The van der Waals surface area contributed by atoms with Gasteiger partial charge in [0.2, 0.25) is 0 Å². The topological polar surface area (TPSA) is 27.2 Å². The van der Waals surface area contributed by atoms with Crippen LogP contribution < -0.4 is 0 Å². The van der Waals surface area contributed by atoms with Crippen LogP contribution in [0.2, 0.25) is 0 Å². The van der Waals surface area contributed by atoms with Gasteiger partial charge in [-0.2, -0.15) is 0 Å². The maximum atomic E-state index is 6.70. The molecular formula is C14H18N2O2. The summed E-state index contributed by atoms with van der Waals surface area (Å²) in [5.74, 6) is 0. The summed E-state index contributed by atoms with van der Waals surface area (Å²) < 4.78 is 10.2. The lowest BCUT2D eigenvalue weighted by Crippen LogP contribution is -1.90. The van der Waals surface area contributed by atoms with E-state index in [-0.39, 0.29) is 0 Å². The smallest absolute Gasteiger partial charge is 0.164 e. The molecular weight excluding hydrogens is 228 g/mol. The van der Waals surface area contributed by atoms with Gasteiger partial charge in [-0.25, -0.2) is 9.69 Å². The van der Waals surface area contributed by atoms with Crippen LogP contribution in [0.4, 0.5) is 0 Å². The highest BCUT2D eigenvalue weighted by Gasteiger charge is 2.00. The minimum atomic E-state index is 0.623. The molecule has 96 valence electrons. The van der Waals surface area contributed by atoms with Crippen LogP contribution in [0.1, 0.15) is 25.7 Å². The van der Waals surface area contributed by atoms with Crippen LogP contribution in [0.3, 0.4) is 0 Å². The average Bonchev–Trinajstić information content (AvgIpc) is 2.83. The van der Waals surface area contributed by atoms with Crippen molar-refractivity contribution in [1.82, 2.24) is 0 Å². The van der Waals surface area contributed by atoms with Crippen LogP contribution in [0.5, 0.6) is 0 Å². The molecule has 2 aliphatic heterocycles. The van der Waals surface area contributed by atoms with Gasteiger partial charge in [-0.1, -0.05) is 12.2 Å². The highest BCUT2D eigenvalue weighted by atomic mass is 16.5. The fraction of sp³-hybridized carbons (Fsp3) is 0.571. The van der Waals surface area contributed by atoms with Crippen molar-refractivity contribution in [1.29, 1.82) is 0 Å². The van der Waals surface area contributed by atoms with E-state index in [0.717, 1.165) is 50.3 Å². The van der Waals surface area contributed by atoms with Gasteiger partial charge in [0.05, 0.1) is 19.8 Å². The first-order valence-electron chi connectivity index (χ1n) is 6.15. The van der Waals surface area contributed by atoms with E-state index in [0.29, 0.717) is 13.2 Å². The molecule has 0 saturated heterocycles. The summed E-state index contributed by atoms with van der Waals surface area (Å²) in [5, 5.41) is 0. The Labute approximate surface area is 109 Å². The second kappa shape index (κ2) is 9.41. The number of ether oxygens (including phenoxy) is 2. The van der Waals surface area contributed by atoms with Crippen molar-refractivity contribution in [3.05, 3.63) is 46.4 Å². The minimum absolute atomic E-state index is 0.623. The zero-order chi connectivity index (χ0) is 13.1. The van der Waals surface area contributed by atoms with Crippen molar-refractivity contribution in [3.63, 3.8) is 0 Å². The third-order valence-electron chi connectivity index (χ3n) is 2.59. The highest BCUT2D eigenvalue weighted by Crippen LogP contribution is 2.09. The van der Waals surface area contributed by atoms with Crippen molar-refractivity contribution in [2.45, 2.75) is 25.7 Å². The number of allylic oxidation sites excluding steroid dienone is 1. The van der Waals surface area contributed by atoms with Crippen molar-refractivity contribution < 1.29 is 9.47 Å². The molecule has 0 saturated carbocycles. The number of nitrogens with zero attached hydrogens (tertiary/aromatic N) is 2. The van der Waals surface area contributed by atoms with Gasteiger partial charge in [0.1, 0.15) is 0 Å². The molecule has 4 heteroatoms. The Morgan fingerprint density at radius 1 is 0.889 bits per heavy atom. The molecule has 0 aromatic carbocycles. The largest absolute Gasteiger partial charge is 0.382 e. The minimum Gasteiger partial charge on any atom is -0.382 e. The second-order valence-corrected chi connectivity index (χ2v) is 3.94. The first kappa shape index (κ1) is 14.4. The molecule has 0 spiro atoms. The predicted molar refractivity (Wildman–Crippen MR) is 69.5 cm³/mol. The molecule has 4 nitrogen and oxygen atoms in total. The van der Waals surface area contributed by atoms with E-state index in [1.54, 1.807) is 0 Å². The van der Waals surface area contributed by atoms with Gasteiger partial charge in [0, 0.05) is 26.2 Å². The van der Waals surface area contributed by atoms with Crippen molar-refractivity contribution >= 4 is 0 Å². The third-order valence-corrected chi connectivity index (χ3v) is 2.59. The number of rotatable bonds is 0. The molecule has 0 amide bonds. The molecule has 0 atom stereocenters.